The highest BCUT2D eigenvalue weighted by atomic mass is 16.5. The zero-order chi connectivity index (χ0) is 15.0. The van der Waals surface area contributed by atoms with E-state index in [1.54, 1.807) is 7.11 Å². The summed E-state index contributed by atoms with van der Waals surface area (Å²) in [6.45, 7) is 13.2. The van der Waals surface area contributed by atoms with E-state index in [1.807, 2.05) is 0 Å². The van der Waals surface area contributed by atoms with Crippen LogP contribution in [0, 0.1) is 16.7 Å². The summed E-state index contributed by atoms with van der Waals surface area (Å²) in [6, 6.07) is 0.491. The molecule has 0 heterocycles. The van der Waals surface area contributed by atoms with Crippen LogP contribution in [0.1, 0.15) is 53.9 Å². The van der Waals surface area contributed by atoms with Crippen molar-refractivity contribution < 1.29 is 9.47 Å². The van der Waals surface area contributed by atoms with Crippen molar-refractivity contribution in [3.05, 3.63) is 0 Å². The molecule has 0 spiro atoms. The zero-order valence-corrected chi connectivity index (χ0v) is 14.2. The molecular weight excluding hydrogens is 250 g/mol. The quantitative estimate of drug-likeness (QED) is 0.778. The van der Waals surface area contributed by atoms with E-state index in [2.05, 4.69) is 39.9 Å². The molecule has 0 aromatic rings. The molecule has 2 saturated carbocycles. The molecule has 2 rings (SSSR count). The molecule has 0 saturated heterocycles. The van der Waals surface area contributed by atoms with Crippen molar-refractivity contribution in [3.63, 3.8) is 0 Å². The predicted octanol–water partition coefficient (Wildman–Crippen LogP) is 3.23. The first-order valence-electron chi connectivity index (χ1n) is 8.19. The summed E-state index contributed by atoms with van der Waals surface area (Å²) in [5.74, 6) is 0.832. The summed E-state index contributed by atoms with van der Waals surface area (Å²) in [7, 11) is 1.76. The van der Waals surface area contributed by atoms with Gasteiger partial charge in [0.25, 0.3) is 0 Å². The molecule has 20 heavy (non-hydrogen) atoms. The average molecular weight is 283 g/mol. The van der Waals surface area contributed by atoms with Crippen molar-refractivity contribution in [1.82, 2.24) is 5.32 Å². The maximum absolute atomic E-state index is 6.49. The first-order chi connectivity index (χ1) is 9.31. The molecule has 0 aromatic heterocycles. The number of fused-ring (bicyclic) bond motifs is 2. The third-order valence-electron chi connectivity index (χ3n) is 6.18. The first-order valence-corrected chi connectivity index (χ1v) is 8.19. The van der Waals surface area contributed by atoms with Crippen LogP contribution >= 0.6 is 0 Å². The summed E-state index contributed by atoms with van der Waals surface area (Å²) in [6.07, 6.45) is 4.48. The summed E-state index contributed by atoms with van der Waals surface area (Å²) in [5.41, 5.74) is 0.752. The van der Waals surface area contributed by atoms with E-state index in [9.17, 15) is 0 Å². The number of nitrogens with one attached hydrogen (secondary N) is 1. The predicted molar refractivity (Wildman–Crippen MR) is 82.9 cm³/mol. The second-order valence-electron chi connectivity index (χ2n) is 7.88. The van der Waals surface area contributed by atoms with Gasteiger partial charge in [-0.25, -0.2) is 0 Å². The Morgan fingerprint density at radius 3 is 2.40 bits per heavy atom. The van der Waals surface area contributed by atoms with E-state index in [1.165, 1.54) is 19.3 Å². The number of ether oxygens (including phenoxy) is 2. The van der Waals surface area contributed by atoms with Crippen LogP contribution in [0.4, 0.5) is 0 Å². The molecule has 1 N–H and O–H groups in total. The molecule has 2 aliphatic rings. The van der Waals surface area contributed by atoms with Gasteiger partial charge in [-0.3, -0.25) is 0 Å². The Hall–Kier alpha value is -0.120. The lowest BCUT2D eigenvalue weighted by Gasteiger charge is -2.40. The van der Waals surface area contributed by atoms with Gasteiger partial charge < -0.3 is 14.8 Å². The fourth-order valence-corrected chi connectivity index (χ4v) is 4.27. The Morgan fingerprint density at radius 2 is 1.95 bits per heavy atom. The minimum absolute atomic E-state index is 0.166. The molecule has 2 fully saturated rings. The summed E-state index contributed by atoms with van der Waals surface area (Å²) in [5, 5.41) is 3.48. The van der Waals surface area contributed by atoms with E-state index in [0.29, 0.717) is 29.6 Å². The standard InChI is InChI=1S/C17H33NO2/c1-12(2)18-10-14(11-19-6)20-15-9-13-7-8-17(15,5)16(13,3)4/h12-15,18H,7-11H2,1-6H3. The molecule has 2 aliphatic carbocycles. The van der Waals surface area contributed by atoms with Gasteiger partial charge in [-0.05, 0) is 36.0 Å². The van der Waals surface area contributed by atoms with Crippen LogP contribution < -0.4 is 5.32 Å². The molecule has 2 bridgehead atoms. The smallest absolute Gasteiger partial charge is 0.0936 e. The molecular formula is C17H33NO2. The Labute approximate surface area is 124 Å². The topological polar surface area (TPSA) is 30.5 Å². The summed E-state index contributed by atoms with van der Waals surface area (Å²) >= 11 is 0. The molecule has 0 radical (unpaired) electrons. The van der Waals surface area contributed by atoms with Crippen LogP contribution in [0.25, 0.3) is 0 Å². The molecule has 0 amide bonds. The van der Waals surface area contributed by atoms with Crippen molar-refractivity contribution in [3.8, 4) is 0 Å². The minimum atomic E-state index is 0.166. The van der Waals surface area contributed by atoms with E-state index in [0.717, 1.165) is 12.5 Å². The Morgan fingerprint density at radius 1 is 1.25 bits per heavy atom. The highest BCUT2D eigenvalue weighted by molar-refractivity contribution is 5.11. The van der Waals surface area contributed by atoms with E-state index >= 15 is 0 Å². The lowest BCUT2D eigenvalue weighted by atomic mass is 9.70. The van der Waals surface area contributed by atoms with Gasteiger partial charge >= 0.3 is 0 Å². The van der Waals surface area contributed by atoms with Crippen molar-refractivity contribution in [1.29, 1.82) is 0 Å². The second-order valence-corrected chi connectivity index (χ2v) is 7.88. The Balaban J connectivity index is 1.98. The van der Waals surface area contributed by atoms with Crippen molar-refractivity contribution >= 4 is 0 Å². The first kappa shape index (κ1) is 16.3. The van der Waals surface area contributed by atoms with Crippen LogP contribution in [0.3, 0.4) is 0 Å². The van der Waals surface area contributed by atoms with Gasteiger partial charge in [-0.2, -0.15) is 0 Å². The lowest BCUT2D eigenvalue weighted by molar-refractivity contribution is -0.104. The van der Waals surface area contributed by atoms with Gasteiger partial charge in [0.05, 0.1) is 18.8 Å². The van der Waals surface area contributed by atoms with Crippen LogP contribution in [0.5, 0.6) is 0 Å². The van der Waals surface area contributed by atoms with Crippen molar-refractivity contribution in [2.75, 3.05) is 20.3 Å². The number of methoxy groups -OCH3 is 1. The Bertz CT molecular complexity index is 329. The summed E-state index contributed by atoms with van der Waals surface area (Å²) in [4.78, 5) is 0. The highest BCUT2D eigenvalue weighted by Crippen LogP contribution is 2.66. The molecule has 3 nitrogen and oxygen atoms in total. The maximum atomic E-state index is 6.49. The second kappa shape index (κ2) is 5.94. The van der Waals surface area contributed by atoms with Crippen molar-refractivity contribution in [2.24, 2.45) is 16.7 Å². The average Bonchev–Trinajstić information content (AvgIpc) is 2.69. The van der Waals surface area contributed by atoms with Gasteiger partial charge in [0.2, 0.25) is 0 Å². The molecule has 4 atom stereocenters. The summed E-state index contributed by atoms with van der Waals surface area (Å²) < 4.78 is 11.8. The Kier molecular flexibility index (Phi) is 4.83. The molecule has 4 unspecified atom stereocenters. The number of hydrogen-bond donors (Lipinski definition) is 1. The zero-order valence-electron chi connectivity index (χ0n) is 14.2. The highest BCUT2D eigenvalue weighted by Gasteiger charge is 2.62. The molecule has 0 aromatic carbocycles. The van der Waals surface area contributed by atoms with E-state index in [4.69, 9.17) is 9.47 Å². The van der Waals surface area contributed by atoms with Gasteiger partial charge in [0, 0.05) is 19.7 Å². The number of hydrogen-bond acceptors (Lipinski definition) is 3. The van der Waals surface area contributed by atoms with Crippen LogP contribution in [0.15, 0.2) is 0 Å². The monoisotopic (exact) mass is 283 g/mol. The third-order valence-corrected chi connectivity index (χ3v) is 6.18. The fraction of sp³-hybridized carbons (Fsp3) is 1.00. The van der Waals surface area contributed by atoms with Gasteiger partial charge in [-0.15, -0.1) is 0 Å². The number of rotatable bonds is 7. The van der Waals surface area contributed by atoms with Crippen LogP contribution in [0.2, 0.25) is 0 Å². The van der Waals surface area contributed by atoms with Gasteiger partial charge in [0.1, 0.15) is 0 Å². The minimum Gasteiger partial charge on any atom is -0.382 e. The third kappa shape index (κ3) is 2.77. The van der Waals surface area contributed by atoms with Gasteiger partial charge in [-0.1, -0.05) is 34.6 Å². The molecule has 118 valence electrons. The SMILES string of the molecule is COCC(CNC(C)C)OC1CC2CCC1(C)C2(C)C. The maximum Gasteiger partial charge on any atom is 0.0936 e. The van der Waals surface area contributed by atoms with E-state index < -0.39 is 0 Å². The normalized spacial score (nSPS) is 36.8. The van der Waals surface area contributed by atoms with Gasteiger partial charge in [0.15, 0.2) is 0 Å². The van der Waals surface area contributed by atoms with Crippen molar-refractivity contribution in [2.45, 2.75) is 72.1 Å². The molecule has 0 aliphatic heterocycles. The van der Waals surface area contributed by atoms with Crippen LogP contribution in [-0.2, 0) is 9.47 Å². The van der Waals surface area contributed by atoms with Crippen LogP contribution in [-0.4, -0.2) is 38.5 Å². The van der Waals surface area contributed by atoms with E-state index in [-0.39, 0.29) is 6.10 Å². The largest absolute Gasteiger partial charge is 0.382 e. The molecule has 3 heteroatoms. The lowest BCUT2D eigenvalue weighted by Crippen LogP contribution is -2.43. The fourth-order valence-electron chi connectivity index (χ4n) is 4.27.